The van der Waals surface area contributed by atoms with E-state index in [-0.39, 0.29) is 24.3 Å². The highest BCUT2D eigenvalue weighted by Gasteiger charge is 2.40. The van der Waals surface area contributed by atoms with Crippen LogP contribution < -0.4 is 5.32 Å². The number of rotatable bonds is 5. The quantitative estimate of drug-likeness (QED) is 0.809. The molecule has 2 N–H and O–H groups in total. The summed E-state index contributed by atoms with van der Waals surface area (Å²) in [6, 6.07) is 5.38. The van der Waals surface area contributed by atoms with Gasteiger partial charge in [-0.05, 0) is 49.9 Å². The number of likely N-dealkylation sites (tertiary alicyclic amines) is 1. The van der Waals surface area contributed by atoms with Gasteiger partial charge >= 0.3 is 5.97 Å². The van der Waals surface area contributed by atoms with Crippen molar-refractivity contribution in [3.63, 3.8) is 0 Å². The van der Waals surface area contributed by atoms with Gasteiger partial charge in [-0.3, -0.25) is 14.4 Å². The van der Waals surface area contributed by atoms with Crippen LogP contribution >= 0.6 is 0 Å². The summed E-state index contributed by atoms with van der Waals surface area (Å²) < 4.78 is 13.1. The Kier molecular flexibility index (Phi) is 6.31. The van der Waals surface area contributed by atoms with E-state index in [0.29, 0.717) is 44.3 Å². The highest BCUT2D eigenvalue weighted by molar-refractivity contribution is 5.94. The van der Waals surface area contributed by atoms with Crippen LogP contribution in [0.25, 0.3) is 0 Å². The molecule has 0 aromatic heterocycles. The van der Waals surface area contributed by atoms with Gasteiger partial charge in [0.25, 0.3) is 5.91 Å². The van der Waals surface area contributed by atoms with Crippen molar-refractivity contribution in [1.82, 2.24) is 10.2 Å². The van der Waals surface area contributed by atoms with Crippen molar-refractivity contribution in [3.05, 3.63) is 35.6 Å². The van der Waals surface area contributed by atoms with Crippen LogP contribution in [-0.2, 0) is 9.59 Å². The van der Waals surface area contributed by atoms with Crippen molar-refractivity contribution in [2.24, 2.45) is 11.3 Å². The predicted octanol–water partition coefficient (Wildman–Crippen LogP) is 2.83. The second-order valence-corrected chi connectivity index (χ2v) is 7.96. The van der Waals surface area contributed by atoms with Crippen LogP contribution in [-0.4, -0.2) is 47.4 Å². The number of nitrogens with one attached hydrogen (secondary N) is 1. The number of carboxylic acids is 1. The van der Waals surface area contributed by atoms with Crippen LogP contribution in [0.2, 0.25) is 0 Å². The third-order valence-electron chi connectivity index (χ3n) is 6.04. The summed E-state index contributed by atoms with van der Waals surface area (Å²) in [6.07, 6.45) is 5.31. The lowest BCUT2D eigenvalue weighted by atomic mass is 9.74. The van der Waals surface area contributed by atoms with Crippen molar-refractivity contribution in [2.75, 3.05) is 19.6 Å². The van der Waals surface area contributed by atoms with E-state index in [2.05, 4.69) is 5.32 Å². The van der Waals surface area contributed by atoms with Gasteiger partial charge in [0, 0.05) is 25.2 Å². The molecule has 1 aromatic carbocycles. The number of hydrogen-bond donors (Lipinski definition) is 2. The molecule has 1 aliphatic carbocycles. The smallest absolute Gasteiger partial charge is 0.311 e. The zero-order valence-corrected chi connectivity index (χ0v) is 16.0. The zero-order valence-electron chi connectivity index (χ0n) is 16.0. The van der Waals surface area contributed by atoms with Gasteiger partial charge in [0.15, 0.2) is 0 Å². The van der Waals surface area contributed by atoms with Crippen molar-refractivity contribution in [1.29, 1.82) is 0 Å². The fraction of sp³-hybridized carbons (Fsp3) is 0.571. The number of halogens is 1. The van der Waals surface area contributed by atoms with E-state index >= 15 is 0 Å². The predicted molar refractivity (Wildman–Crippen MR) is 101 cm³/mol. The van der Waals surface area contributed by atoms with Crippen molar-refractivity contribution in [3.8, 4) is 0 Å². The first-order chi connectivity index (χ1) is 13.4. The molecule has 1 saturated heterocycles. The van der Waals surface area contributed by atoms with Gasteiger partial charge in [-0.2, -0.15) is 0 Å². The highest BCUT2D eigenvalue weighted by Crippen LogP contribution is 2.36. The highest BCUT2D eigenvalue weighted by atomic mass is 19.1. The molecule has 28 heavy (non-hydrogen) atoms. The lowest BCUT2D eigenvalue weighted by Crippen LogP contribution is -2.49. The first-order valence-corrected chi connectivity index (χ1v) is 9.97. The fourth-order valence-electron chi connectivity index (χ4n) is 4.25. The van der Waals surface area contributed by atoms with E-state index in [1.165, 1.54) is 24.3 Å². The number of piperidine rings is 1. The molecule has 2 amide bonds. The monoisotopic (exact) mass is 390 g/mol. The number of nitrogens with zero attached hydrogens (tertiary/aromatic N) is 1. The molecule has 2 fully saturated rings. The van der Waals surface area contributed by atoms with Crippen LogP contribution in [0.15, 0.2) is 24.3 Å². The van der Waals surface area contributed by atoms with Crippen LogP contribution in [0, 0.1) is 17.2 Å². The topological polar surface area (TPSA) is 86.7 Å². The number of hydrogen-bond acceptors (Lipinski definition) is 3. The second-order valence-electron chi connectivity index (χ2n) is 7.96. The fourth-order valence-corrected chi connectivity index (χ4v) is 4.25. The molecule has 1 aromatic rings. The van der Waals surface area contributed by atoms with Gasteiger partial charge in [-0.1, -0.05) is 19.3 Å². The first-order valence-electron chi connectivity index (χ1n) is 9.97. The van der Waals surface area contributed by atoms with E-state index in [4.69, 9.17) is 0 Å². The van der Waals surface area contributed by atoms with Gasteiger partial charge in [0.1, 0.15) is 5.82 Å². The lowest BCUT2D eigenvalue weighted by molar-refractivity contribution is -0.151. The summed E-state index contributed by atoms with van der Waals surface area (Å²) in [5.41, 5.74) is -0.471. The maximum absolute atomic E-state index is 13.1. The Labute approximate surface area is 164 Å². The Morgan fingerprint density at radius 1 is 1.11 bits per heavy atom. The van der Waals surface area contributed by atoms with Crippen molar-refractivity contribution in [2.45, 2.75) is 44.9 Å². The molecule has 1 atom stereocenters. The number of carboxylic acid groups (broad SMARTS) is 1. The van der Waals surface area contributed by atoms with E-state index < -0.39 is 17.2 Å². The number of aliphatic carboxylic acids is 1. The van der Waals surface area contributed by atoms with Gasteiger partial charge in [-0.25, -0.2) is 4.39 Å². The normalized spacial score (nSPS) is 21.8. The minimum atomic E-state index is -0.869. The third kappa shape index (κ3) is 4.51. The molecule has 0 spiro atoms. The maximum atomic E-state index is 13.1. The summed E-state index contributed by atoms with van der Waals surface area (Å²) in [4.78, 5) is 38.7. The summed E-state index contributed by atoms with van der Waals surface area (Å²) in [7, 11) is 0. The molecule has 3 rings (SSSR count). The van der Waals surface area contributed by atoms with Crippen LogP contribution in [0.1, 0.15) is 55.3 Å². The number of amides is 2. The van der Waals surface area contributed by atoms with Crippen LogP contribution in [0.4, 0.5) is 4.39 Å². The van der Waals surface area contributed by atoms with Crippen molar-refractivity contribution < 1.29 is 23.9 Å². The average molecular weight is 390 g/mol. The lowest BCUT2D eigenvalue weighted by Gasteiger charge is -2.35. The molecule has 0 bridgehead atoms. The maximum Gasteiger partial charge on any atom is 0.311 e. The molecule has 1 saturated carbocycles. The van der Waals surface area contributed by atoms with Gasteiger partial charge < -0.3 is 15.3 Å². The standard InChI is InChI=1S/C21H27FN2O4/c22-17-8-6-15(7-9-17)19(26)24-12-4-5-16(13-24)18(25)23-14-21(20(27)28)10-2-1-3-11-21/h6-9,16H,1-5,10-14H2,(H,23,25)(H,27,28). The summed E-state index contributed by atoms with van der Waals surface area (Å²) >= 11 is 0. The van der Waals surface area contributed by atoms with Crippen molar-refractivity contribution >= 4 is 17.8 Å². The molecule has 7 heteroatoms. The third-order valence-corrected chi connectivity index (χ3v) is 6.04. The largest absolute Gasteiger partial charge is 0.481 e. The Hall–Kier alpha value is -2.44. The Morgan fingerprint density at radius 2 is 1.79 bits per heavy atom. The molecule has 1 heterocycles. The molecule has 0 radical (unpaired) electrons. The summed E-state index contributed by atoms with van der Waals surface area (Å²) in [6.45, 7) is 0.991. The van der Waals surface area contributed by atoms with Gasteiger partial charge in [0.05, 0.1) is 11.3 Å². The Morgan fingerprint density at radius 3 is 2.43 bits per heavy atom. The zero-order chi connectivity index (χ0) is 20.1. The number of benzene rings is 1. The number of carbonyl (C=O) groups is 3. The van der Waals surface area contributed by atoms with Crippen LogP contribution in [0.5, 0.6) is 0 Å². The second kappa shape index (κ2) is 8.71. The average Bonchev–Trinajstić information content (AvgIpc) is 2.72. The van der Waals surface area contributed by atoms with Gasteiger partial charge in [-0.15, -0.1) is 0 Å². The SMILES string of the molecule is O=C(NCC1(C(=O)O)CCCCC1)C1CCCN(C(=O)c2ccc(F)cc2)C1. The summed E-state index contributed by atoms with van der Waals surface area (Å²) in [5.74, 6) is -2.01. The van der Waals surface area contributed by atoms with Crippen LogP contribution in [0.3, 0.4) is 0 Å². The molecule has 1 unspecified atom stereocenters. The molecular weight excluding hydrogens is 363 g/mol. The van der Waals surface area contributed by atoms with E-state index in [1.807, 2.05) is 0 Å². The van der Waals surface area contributed by atoms with E-state index in [1.54, 1.807) is 4.90 Å². The Bertz CT molecular complexity index is 728. The summed E-state index contributed by atoms with van der Waals surface area (Å²) in [5, 5.41) is 12.5. The first kappa shape index (κ1) is 20.3. The molecule has 152 valence electrons. The molecule has 1 aliphatic heterocycles. The Balaban J connectivity index is 1.58. The van der Waals surface area contributed by atoms with E-state index in [9.17, 15) is 23.9 Å². The minimum absolute atomic E-state index is 0.142. The minimum Gasteiger partial charge on any atom is -0.481 e. The molecule has 2 aliphatic rings. The van der Waals surface area contributed by atoms with Gasteiger partial charge in [0.2, 0.25) is 5.91 Å². The molecule has 6 nitrogen and oxygen atoms in total. The number of carbonyl (C=O) groups excluding carboxylic acids is 2. The molecular formula is C21H27FN2O4. The van der Waals surface area contributed by atoms with E-state index in [0.717, 1.165) is 19.3 Å².